The van der Waals surface area contributed by atoms with Gasteiger partial charge in [0.15, 0.2) is 5.78 Å². The monoisotopic (exact) mass is 1340 g/mol. The van der Waals surface area contributed by atoms with Crippen molar-refractivity contribution in [2.75, 3.05) is 106 Å². The summed E-state index contributed by atoms with van der Waals surface area (Å²) in [4.78, 5) is 85.6. The number of thioether (sulfide) groups is 1. The van der Waals surface area contributed by atoms with E-state index < -0.39 is 49.9 Å². The molecule has 93 heavy (non-hydrogen) atoms. The minimum Gasteiger partial charge on any atom is -0.385 e. The average molecular weight is 1340 g/mol. The Bertz CT molecular complexity index is 3540. The van der Waals surface area contributed by atoms with Crippen LogP contribution in [0.2, 0.25) is 5.02 Å². The smallest absolute Gasteiger partial charge is 0.385 e. The fourth-order valence-electron chi connectivity index (χ4n) is 13.0. The highest BCUT2D eigenvalue weighted by molar-refractivity contribution is 7.99. The second-order valence-electron chi connectivity index (χ2n) is 24.8. The van der Waals surface area contributed by atoms with E-state index in [0.717, 1.165) is 124 Å². The number of allylic oxidation sites excluding steroid dienone is 1. The molecule has 17 nitrogen and oxygen atoms in total. The number of alkyl halides is 3. The van der Waals surface area contributed by atoms with E-state index >= 15 is 0 Å². The number of nitrogens with one attached hydrogen (secondary N) is 3. The number of piperazine rings is 1. The topological polar surface area (TPSA) is 198 Å². The highest BCUT2D eigenvalue weighted by Crippen LogP contribution is 2.49. The molecule has 23 heteroatoms. The van der Waals surface area contributed by atoms with Gasteiger partial charge in [0.05, 0.1) is 23.8 Å². The Hall–Kier alpha value is -7.08. The van der Waals surface area contributed by atoms with Crippen LogP contribution in [-0.2, 0) is 33.8 Å². The molecule has 3 fully saturated rings. The molecule has 0 bridgehead atoms. The molecule has 1 spiro atoms. The Morgan fingerprint density at radius 2 is 1.48 bits per heavy atom. The van der Waals surface area contributed by atoms with Crippen molar-refractivity contribution in [3.8, 4) is 0 Å². The molecular formula is C70H84ClF3N8O9S2. The van der Waals surface area contributed by atoms with Gasteiger partial charge >= 0.3 is 5.51 Å². The summed E-state index contributed by atoms with van der Waals surface area (Å²) in [6, 6.07) is 32.4. The maximum atomic E-state index is 14.4. The zero-order chi connectivity index (χ0) is 66.1. The fourth-order valence-corrected chi connectivity index (χ4v) is 15.1. The molecular weight excluding hydrogens is 1250 g/mol. The molecule has 0 saturated carbocycles. The molecule has 3 heterocycles. The van der Waals surface area contributed by atoms with Crippen LogP contribution >= 0.6 is 23.4 Å². The van der Waals surface area contributed by atoms with Crippen molar-refractivity contribution in [2.45, 2.75) is 118 Å². The van der Waals surface area contributed by atoms with Gasteiger partial charge in [-0.1, -0.05) is 60.0 Å². The summed E-state index contributed by atoms with van der Waals surface area (Å²) in [6.45, 7) is 12.6. The number of nitrogens with zero attached hydrogens (tertiary/aromatic N) is 5. The Labute approximate surface area is 553 Å². The minimum absolute atomic E-state index is 0.0158. The van der Waals surface area contributed by atoms with Crippen molar-refractivity contribution in [1.82, 2.24) is 24.9 Å². The van der Waals surface area contributed by atoms with Gasteiger partial charge in [-0.05, 0) is 173 Å². The number of unbranched alkanes of at least 4 members (excludes halogenated alkanes) is 2. The zero-order valence-corrected chi connectivity index (χ0v) is 55.3. The molecule has 0 radical (unpaired) electrons. The van der Waals surface area contributed by atoms with E-state index in [4.69, 9.17) is 16.3 Å². The first-order valence-corrected chi connectivity index (χ1v) is 35.0. The summed E-state index contributed by atoms with van der Waals surface area (Å²) in [7, 11) is -5.88. The molecule has 0 aromatic heterocycles. The van der Waals surface area contributed by atoms with E-state index in [-0.39, 0.29) is 41.0 Å². The highest BCUT2D eigenvalue weighted by atomic mass is 35.5. The highest BCUT2D eigenvalue weighted by Gasteiger charge is 2.48. The lowest BCUT2D eigenvalue weighted by molar-refractivity contribution is -0.134. The van der Waals surface area contributed by atoms with Gasteiger partial charge in [0, 0.05) is 141 Å². The molecule has 4 aliphatic rings. The van der Waals surface area contributed by atoms with E-state index in [2.05, 4.69) is 42.8 Å². The van der Waals surface area contributed by atoms with Gasteiger partial charge < -0.3 is 25.2 Å². The van der Waals surface area contributed by atoms with Crippen LogP contribution in [0.4, 0.5) is 30.2 Å². The van der Waals surface area contributed by atoms with Crippen LogP contribution in [-0.4, -0.2) is 173 Å². The number of benzene rings is 5. The number of amides is 5. The Balaban J connectivity index is 0.765. The number of carbonyl (C=O) groups is 6. The molecule has 3 saturated heterocycles. The van der Waals surface area contributed by atoms with Crippen molar-refractivity contribution in [2.24, 2.45) is 5.41 Å². The number of piperidine rings is 1. The van der Waals surface area contributed by atoms with Gasteiger partial charge in [-0.25, -0.2) is 8.42 Å². The fraction of sp³-hybridized carbons (Fsp3) is 0.457. The number of anilines is 3. The Morgan fingerprint density at radius 3 is 2.17 bits per heavy atom. The van der Waals surface area contributed by atoms with Crippen molar-refractivity contribution in [1.29, 1.82) is 0 Å². The van der Waals surface area contributed by atoms with Gasteiger partial charge in [0.1, 0.15) is 0 Å². The predicted octanol–water partition coefficient (Wildman–Crippen LogP) is 11.5. The molecule has 3 aliphatic heterocycles. The number of carbonyl (C=O) groups excluding carboxylic acids is 6. The summed E-state index contributed by atoms with van der Waals surface area (Å²) in [5.41, 5.74) is 0.955. The van der Waals surface area contributed by atoms with Gasteiger partial charge in [-0.3, -0.25) is 48.8 Å². The number of rotatable bonds is 29. The summed E-state index contributed by atoms with van der Waals surface area (Å²) >= 11 is 7.89. The lowest BCUT2D eigenvalue weighted by Crippen LogP contribution is -2.48. The van der Waals surface area contributed by atoms with Gasteiger partial charge in [0.2, 0.25) is 24.6 Å². The van der Waals surface area contributed by atoms with Crippen LogP contribution in [0.15, 0.2) is 131 Å². The zero-order valence-electron chi connectivity index (χ0n) is 52.9. The number of morpholine rings is 1. The lowest BCUT2D eigenvalue weighted by Gasteiger charge is -2.46. The van der Waals surface area contributed by atoms with E-state index in [1.165, 1.54) is 40.6 Å². The number of sulfone groups is 1. The molecule has 9 rings (SSSR count). The number of ketones is 1. The molecule has 5 aromatic rings. The third-order valence-corrected chi connectivity index (χ3v) is 21.6. The lowest BCUT2D eigenvalue weighted by atomic mass is 9.65. The largest absolute Gasteiger partial charge is 0.501 e. The first-order valence-electron chi connectivity index (χ1n) is 32.2. The third kappa shape index (κ3) is 18.7. The van der Waals surface area contributed by atoms with Crippen molar-refractivity contribution in [3.05, 3.63) is 154 Å². The normalized spacial score (nSPS) is 17.1. The number of hydrogen-bond donors (Lipinski definition) is 3. The first kappa shape index (κ1) is 70.2. The Kier molecular flexibility index (Phi) is 24.8. The molecule has 2 unspecified atom stereocenters. The van der Waals surface area contributed by atoms with E-state index in [9.17, 15) is 50.4 Å². The maximum absolute atomic E-state index is 14.4. The van der Waals surface area contributed by atoms with E-state index in [1.54, 1.807) is 31.2 Å². The number of likely N-dealkylation sites (tertiary alicyclic amines) is 1. The van der Waals surface area contributed by atoms with Crippen LogP contribution in [0.1, 0.15) is 121 Å². The van der Waals surface area contributed by atoms with Gasteiger partial charge in [-0.15, -0.1) is 11.8 Å². The third-order valence-electron chi connectivity index (χ3n) is 18.6. The van der Waals surface area contributed by atoms with Crippen LogP contribution < -0.4 is 20.9 Å². The summed E-state index contributed by atoms with van der Waals surface area (Å²) in [6.07, 6.45) is 9.11. The van der Waals surface area contributed by atoms with Crippen molar-refractivity contribution < 1.29 is 55.1 Å². The molecule has 5 amide bonds. The quantitative estimate of drug-likeness (QED) is 0.0177. The van der Waals surface area contributed by atoms with Crippen LogP contribution in [0, 0.1) is 12.3 Å². The first-order chi connectivity index (χ1) is 44.7. The molecule has 5 aromatic carbocycles. The standard InChI is InChI=1S/C70H84ClF3N8O9S2/c1-50(15-26-65(85)76-48-83)82(49-84)68(88)60-12-9-13-62(51(60)2)75-32-8-4-7-14-66(86)81-34-30-69(31-35-81)29-27-61(52-16-21-56(71)22-17-52)55(45-69)46-79-36-38-80(39-37-79)58-23-18-53(19-24-58)67(87)54-20-25-63(64(44-54)93(89,90)70(72,73)74)77-57(28-33-78-40-42-91-43-41-78)47-92-59-10-5-3-6-11-59/h3,5-6,9-13,16-25,44,48-50,57,75,77H,4,7-8,14-15,26-43,45-47H2,1-2H3,(H,76,83,85). The van der Waals surface area contributed by atoms with Gasteiger partial charge in [-0.2, -0.15) is 13.2 Å². The predicted molar refractivity (Wildman–Crippen MR) is 358 cm³/mol. The van der Waals surface area contributed by atoms with Crippen molar-refractivity contribution in [3.63, 3.8) is 0 Å². The Morgan fingerprint density at radius 1 is 0.774 bits per heavy atom. The van der Waals surface area contributed by atoms with Crippen molar-refractivity contribution >= 4 is 92.2 Å². The second-order valence-corrected chi connectivity index (χ2v) is 28.2. The molecule has 2 atom stereocenters. The summed E-state index contributed by atoms with van der Waals surface area (Å²) in [5.74, 6) is -0.939. The molecule has 498 valence electrons. The average Bonchev–Trinajstić information content (AvgIpc) is 0.801. The number of ether oxygens (including phenoxy) is 1. The maximum Gasteiger partial charge on any atom is 0.501 e. The number of hydrogen-bond acceptors (Lipinski definition) is 15. The van der Waals surface area contributed by atoms with E-state index in [0.29, 0.717) is 87.0 Å². The number of imide groups is 2. The summed E-state index contributed by atoms with van der Waals surface area (Å²) < 4.78 is 75.3. The molecule has 3 N–H and O–H groups in total. The number of halogens is 4. The summed E-state index contributed by atoms with van der Waals surface area (Å²) in [5, 5.41) is 9.31. The van der Waals surface area contributed by atoms with Gasteiger partial charge in [0.25, 0.3) is 15.7 Å². The SMILES string of the molecule is Cc1c(NCCCCCC(=O)N2CCC3(CCC(c4ccc(Cl)cc4)=C(CN4CCN(c5ccc(C(=O)c6ccc(NC(CCN7CCOCC7)CSc7ccccc7)c(S(=O)(=O)C(F)(F)F)c6)cc5)CC4)C3)CC2)cccc1C(=O)N(C=O)C(C)CCC(=O)NC=O. The molecule has 1 aliphatic carbocycles. The minimum atomic E-state index is -5.88. The van der Waals surface area contributed by atoms with E-state index in [1.807, 2.05) is 72.5 Å². The second kappa shape index (κ2) is 32.9. The van der Waals surface area contributed by atoms with Crippen LogP contribution in [0.25, 0.3) is 5.57 Å². The van der Waals surface area contributed by atoms with Crippen LogP contribution in [0.3, 0.4) is 0 Å². The van der Waals surface area contributed by atoms with Crippen LogP contribution in [0.5, 0.6) is 0 Å².